The molecule has 1 heterocycles. The van der Waals surface area contributed by atoms with E-state index in [0.29, 0.717) is 6.42 Å². The third-order valence-electron chi connectivity index (χ3n) is 3.16. The number of carbonyl (C=O) groups is 1. The lowest BCUT2D eigenvalue weighted by atomic mass is 10.1. The van der Waals surface area contributed by atoms with Crippen molar-refractivity contribution in [1.29, 1.82) is 0 Å². The van der Waals surface area contributed by atoms with Gasteiger partial charge >= 0.3 is 0 Å². The largest absolute Gasteiger partial charge is 0.326 e. The fraction of sp³-hybridized carbons (Fsp3) is 0.500. The van der Waals surface area contributed by atoms with Crippen molar-refractivity contribution in [3.8, 4) is 0 Å². The maximum Gasteiger partial charge on any atom is 0.225 e. The zero-order valence-electron chi connectivity index (χ0n) is 11.4. The summed E-state index contributed by atoms with van der Waals surface area (Å²) in [4.78, 5) is 16.0. The molecule has 0 fully saturated rings. The third kappa shape index (κ3) is 3.31. The summed E-state index contributed by atoms with van der Waals surface area (Å²) < 4.78 is 0. The lowest BCUT2D eigenvalue weighted by molar-refractivity contribution is -0.116. The molecular weight excluding hydrogens is 226 g/mol. The van der Waals surface area contributed by atoms with E-state index >= 15 is 0 Å². The highest BCUT2D eigenvalue weighted by atomic mass is 16.1. The van der Waals surface area contributed by atoms with Gasteiger partial charge in [-0.05, 0) is 44.4 Å². The lowest BCUT2D eigenvalue weighted by Crippen LogP contribution is -2.20. The molecule has 0 aliphatic carbocycles. The Labute approximate surface area is 109 Å². The number of hydrogen-bond donors (Lipinski definition) is 1. The number of hydrogen-bond acceptors (Lipinski definition) is 3. The van der Waals surface area contributed by atoms with E-state index in [9.17, 15) is 4.79 Å². The van der Waals surface area contributed by atoms with Crippen LogP contribution in [0.25, 0.3) is 0 Å². The van der Waals surface area contributed by atoms with Gasteiger partial charge in [0, 0.05) is 31.7 Å². The molecular formula is C14H21N3O. The minimum absolute atomic E-state index is 0.0787. The number of benzene rings is 1. The first-order chi connectivity index (χ1) is 8.54. The van der Waals surface area contributed by atoms with Gasteiger partial charge in [0.15, 0.2) is 0 Å². The Kier molecular flexibility index (Phi) is 3.99. The summed E-state index contributed by atoms with van der Waals surface area (Å²) in [6, 6.07) is 6.19. The summed E-state index contributed by atoms with van der Waals surface area (Å²) in [6.45, 7) is 2.75. The average Bonchev–Trinajstić information content (AvgIpc) is 2.66. The lowest BCUT2D eigenvalue weighted by Gasteiger charge is -2.10. The van der Waals surface area contributed by atoms with Gasteiger partial charge in [-0.2, -0.15) is 0 Å². The van der Waals surface area contributed by atoms with Crippen molar-refractivity contribution in [1.82, 2.24) is 9.80 Å². The first kappa shape index (κ1) is 13.1. The van der Waals surface area contributed by atoms with Gasteiger partial charge in [-0.1, -0.05) is 6.07 Å². The molecule has 1 amide bonds. The average molecular weight is 247 g/mol. The Morgan fingerprint density at radius 3 is 2.78 bits per heavy atom. The topological polar surface area (TPSA) is 35.6 Å². The number of carbonyl (C=O) groups excluding carboxylic acids is 1. The Morgan fingerprint density at radius 2 is 2.06 bits per heavy atom. The summed E-state index contributed by atoms with van der Waals surface area (Å²) in [5, 5.41) is 2.96. The maximum atomic E-state index is 11.7. The van der Waals surface area contributed by atoms with Gasteiger partial charge < -0.3 is 10.2 Å². The predicted octanol–water partition coefficient (Wildman–Crippen LogP) is 1.52. The van der Waals surface area contributed by atoms with E-state index in [0.717, 1.165) is 25.3 Å². The van der Waals surface area contributed by atoms with Crippen LogP contribution in [0.1, 0.15) is 17.5 Å². The van der Waals surface area contributed by atoms with Crippen molar-refractivity contribution >= 4 is 11.6 Å². The summed E-state index contributed by atoms with van der Waals surface area (Å²) in [6.07, 6.45) is 0.532. The van der Waals surface area contributed by atoms with Crippen molar-refractivity contribution in [2.24, 2.45) is 0 Å². The molecule has 1 N–H and O–H groups in total. The summed E-state index contributed by atoms with van der Waals surface area (Å²) in [5.74, 6) is 0.0787. The van der Waals surface area contributed by atoms with Crippen LogP contribution in [0.15, 0.2) is 18.2 Å². The van der Waals surface area contributed by atoms with Crippen LogP contribution in [0.4, 0.5) is 5.69 Å². The van der Waals surface area contributed by atoms with Crippen LogP contribution in [0, 0.1) is 0 Å². The molecule has 0 unspecified atom stereocenters. The molecule has 2 rings (SSSR count). The summed E-state index contributed by atoms with van der Waals surface area (Å²) in [7, 11) is 6.05. The molecule has 4 nitrogen and oxygen atoms in total. The monoisotopic (exact) mass is 247 g/mol. The molecule has 0 bridgehead atoms. The molecule has 0 spiro atoms. The summed E-state index contributed by atoms with van der Waals surface area (Å²) in [5.41, 5.74) is 3.60. The molecule has 0 radical (unpaired) electrons. The van der Waals surface area contributed by atoms with E-state index in [1.54, 1.807) is 0 Å². The van der Waals surface area contributed by atoms with Crippen LogP contribution in [0.5, 0.6) is 0 Å². The first-order valence-electron chi connectivity index (χ1n) is 6.29. The van der Waals surface area contributed by atoms with E-state index in [4.69, 9.17) is 0 Å². The van der Waals surface area contributed by atoms with Gasteiger partial charge in [0.1, 0.15) is 0 Å². The van der Waals surface area contributed by atoms with Crippen molar-refractivity contribution in [3.05, 3.63) is 29.3 Å². The predicted molar refractivity (Wildman–Crippen MR) is 73.4 cm³/mol. The molecule has 0 atom stereocenters. The first-order valence-corrected chi connectivity index (χ1v) is 6.29. The standard InChI is InChI=1S/C14H21N3O/c1-16(2)7-6-14(18)15-13-5-4-11-9-17(3)10-12(11)8-13/h4-5,8H,6-7,9-10H2,1-3H3,(H,15,18). The minimum Gasteiger partial charge on any atom is -0.326 e. The molecule has 18 heavy (non-hydrogen) atoms. The van der Waals surface area contributed by atoms with Gasteiger partial charge in [-0.15, -0.1) is 0 Å². The molecule has 1 aromatic rings. The molecule has 1 aliphatic heterocycles. The quantitative estimate of drug-likeness (QED) is 0.876. The van der Waals surface area contributed by atoms with Crippen LogP contribution in [0.3, 0.4) is 0 Å². The molecule has 1 aromatic carbocycles. The van der Waals surface area contributed by atoms with Gasteiger partial charge in [0.05, 0.1) is 0 Å². The van der Waals surface area contributed by atoms with Gasteiger partial charge in [-0.3, -0.25) is 9.69 Å². The Balaban J connectivity index is 1.95. The van der Waals surface area contributed by atoms with Crippen LogP contribution in [-0.4, -0.2) is 43.4 Å². The normalized spacial score (nSPS) is 14.9. The van der Waals surface area contributed by atoms with Gasteiger partial charge in [0.2, 0.25) is 5.91 Å². The van der Waals surface area contributed by atoms with Crippen LogP contribution < -0.4 is 5.32 Å². The zero-order chi connectivity index (χ0) is 13.1. The van der Waals surface area contributed by atoms with Crippen LogP contribution >= 0.6 is 0 Å². The minimum atomic E-state index is 0.0787. The van der Waals surface area contributed by atoms with E-state index in [2.05, 4.69) is 29.4 Å². The molecule has 0 saturated heterocycles. The van der Waals surface area contributed by atoms with Crippen molar-refractivity contribution in [3.63, 3.8) is 0 Å². The third-order valence-corrected chi connectivity index (χ3v) is 3.16. The highest BCUT2D eigenvalue weighted by molar-refractivity contribution is 5.90. The Hall–Kier alpha value is -1.39. The number of amides is 1. The zero-order valence-corrected chi connectivity index (χ0v) is 11.4. The number of fused-ring (bicyclic) bond motifs is 1. The number of rotatable bonds is 4. The number of nitrogens with zero attached hydrogens (tertiary/aromatic N) is 2. The van der Waals surface area contributed by atoms with Crippen molar-refractivity contribution in [2.75, 3.05) is 33.0 Å². The number of anilines is 1. The second-order valence-corrected chi connectivity index (χ2v) is 5.26. The molecule has 98 valence electrons. The van der Waals surface area contributed by atoms with E-state index in [1.165, 1.54) is 11.1 Å². The van der Waals surface area contributed by atoms with E-state index in [-0.39, 0.29) is 5.91 Å². The fourth-order valence-corrected chi connectivity index (χ4v) is 2.19. The second kappa shape index (κ2) is 5.50. The highest BCUT2D eigenvalue weighted by Crippen LogP contribution is 2.24. The molecule has 1 aliphatic rings. The maximum absolute atomic E-state index is 11.7. The fourth-order valence-electron chi connectivity index (χ4n) is 2.19. The van der Waals surface area contributed by atoms with E-state index < -0.39 is 0 Å². The number of nitrogens with one attached hydrogen (secondary N) is 1. The van der Waals surface area contributed by atoms with Gasteiger partial charge in [0.25, 0.3) is 0 Å². The molecule has 0 aromatic heterocycles. The van der Waals surface area contributed by atoms with Gasteiger partial charge in [-0.25, -0.2) is 0 Å². The summed E-state index contributed by atoms with van der Waals surface area (Å²) >= 11 is 0. The van der Waals surface area contributed by atoms with Crippen LogP contribution in [0.2, 0.25) is 0 Å². The van der Waals surface area contributed by atoms with Crippen LogP contribution in [-0.2, 0) is 17.9 Å². The van der Waals surface area contributed by atoms with Crippen molar-refractivity contribution in [2.45, 2.75) is 19.5 Å². The Bertz CT molecular complexity index is 443. The Morgan fingerprint density at radius 1 is 1.33 bits per heavy atom. The highest BCUT2D eigenvalue weighted by Gasteiger charge is 2.15. The van der Waals surface area contributed by atoms with Crippen molar-refractivity contribution < 1.29 is 4.79 Å². The molecule has 4 heteroatoms. The van der Waals surface area contributed by atoms with E-state index in [1.807, 2.05) is 25.1 Å². The second-order valence-electron chi connectivity index (χ2n) is 5.26. The SMILES string of the molecule is CN(C)CCC(=O)Nc1ccc2c(c1)CN(C)C2. The smallest absolute Gasteiger partial charge is 0.225 e. The molecule has 0 saturated carbocycles.